The molecule has 2 rings (SSSR count). The Morgan fingerprint density at radius 3 is 2.47 bits per heavy atom. The molecule has 30 heavy (non-hydrogen) atoms. The van der Waals surface area contributed by atoms with E-state index in [4.69, 9.17) is 23.2 Å². The van der Waals surface area contributed by atoms with E-state index in [-0.39, 0.29) is 41.6 Å². The molecule has 7 nitrogen and oxygen atoms in total. The van der Waals surface area contributed by atoms with Crippen molar-refractivity contribution in [3.63, 3.8) is 0 Å². The molecule has 0 saturated heterocycles. The summed E-state index contributed by atoms with van der Waals surface area (Å²) in [5.41, 5.74) is 1.74. The number of halogens is 2. The standard InChI is InChI=1S/C20H22Cl2N2O5S/c1-13-6-8-15(21)12-18(13)24(30(3,27)28)10-4-5-19(25)23-17-11-14(20(26)29-2)7-9-16(17)22/h6-9,11-12H,4-5,10H2,1-3H3,(H,23,25). The van der Waals surface area contributed by atoms with E-state index in [1.807, 2.05) is 0 Å². The van der Waals surface area contributed by atoms with Crippen molar-refractivity contribution in [2.75, 3.05) is 29.5 Å². The molecule has 0 aliphatic carbocycles. The third kappa shape index (κ3) is 6.35. The molecule has 0 spiro atoms. The van der Waals surface area contributed by atoms with E-state index in [2.05, 4.69) is 10.1 Å². The van der Waals surface area contributed by atoms with E-state index >= 15 is 0 Å². The molecule has 0 aromatic heterocycles. The smallest absolute Gasteiger partial charge is 0.337 e. The minimum atomic E-state index is -3.57. The van der Waals surface area contributed by atoms with Gasteiger partial charge in [0.2, 0.25) is 15.9 Å². The lowest BCUT2D eigenvalue weighted by atomic mass is 10.2. The summed E-state index contributed by atoms with van der Waals surface area (Å²) in [6, 6.07) is 9.39. The Morgan fingerprint density at radius 2 is 1.83 bits per heavy atom. The van der Waals surface area contributed by atoms with Gasteiger partial charge in [0.25, 0.3) is 0 Å². The lowest BCUT2D eigenvalue weighted by Gasteiger charge is -2.24. The van der Waals surface area contributed by atoms with Crippen molar-refractivity contribution in [1.29, 1.82) is 0 Å². The fourth-order valence-corrected chi connectivity index (χ4v) is 4.12. The number of carbonyl (C=O) groups is 2. The number of sulfonamides is 1. The molecule has 2 aromatic rings. The molecule has 0 aliphatic rings. The van der Waals surface area contributed by atoms with Gasteiger partial charge < -0.3 is 10.1 Å². The van der Waals surface area contributed by atoms with Gasteiger partial charge in [-0.2, -0.15) is 0 Å². The van der Waals surface area contributed by atoms with E-state index in [0.717, 1.165) is 11.8 Å². The quantitative estimate of drug-likeness (QED) is 0.578. The fraction of sp³-hybridized carbons (Fsp3) is 0.300. The number of esters is 1. The first-order valence-electron chi connectivity index (χ1n) is 8.94. The molecule has 0 bridgehead atoms. The Labute approximate surface area is 186 Å². The van der Waals surface area contributed by atoms with Gasteiger partial charge in [-0.3, -0.25) is 9.10 Å². The Kier molecular flexibility index (Phi) is 8.11. The molecule has 2 aromatic carbocycles. The molecule has 0 atom stereocenters. The Bertz CT molecular complexity index is 1060. The van der Waals surface area contributed by atoms with Crippen molar-refractivity contribution in [3.05, 3.63) is 57.6 Å². The first-order chi connectivity index (χ1) is 14.0. The summed E-state index contributed by atoms with van der Waals surface area (Å²) in [5, 5.41) is 3.32. The van der Waals surface area contributed by atoms with Crippen molar-refractivity contribution in [1.82, 2.24) is 0 Å². The van der Waals surface area contributed by atoms with Gasteiger partial charge >= 0.3 is 5.97 Å². The topological polar surface area (TPSA) is 92.8 Å². The highest BCUT2D eigenvalue weighted by atomic mass is 35.5. The molecule has 0 unspecified atom stereocenters. The van der Waals surface area contributed by atoms with Crippen LogP contribution in [0.1, 0.15) is 28.8 Å². The third-order valence-corrected chi connectivity index (χ3v) is 6.01. The number of carbonyl (C=O) groups excluding carboxylic acids is 2. The van der Waals surface area contributed by atoms with Gasteiger partial charge in [0.15, 0.2) is 0 Å². The lowest BCUT2D eigenvalue weighted by molar-refractivity contribution is -0.116. The number of amides is 1. The van der Waals surface area contributed by atoms with Crippen LogP contribution in [0.25, 0.3) is 0 Å². The Hall–Kier alpha value is -2.29. The molecule has 1 N–H and O–H groups in total. The highest BCUT2D eigenvalue weighted by Gasteiger charge is 2.20. The number of aryl methyl sites for hydroxylation is 1. The number of rotatable bonds is 8. The van der Waals surface area contributed by atoms with Crippen LogP contribution in [-0.4, -0.2) is 40.2 Å². The average Bonchev–Trinajstić information content (AvgIpc) is 2.67. The first kappa shape index (κ1) is 24.0. The van der Waals surface area contributed by atoms with Crippen LogP contribution in [0.2, 0.25) is 10.0 Å². The second kappa shape index (κ2) is 10.1. The van der Waals surface area contributed by atoms with Gasteiger partial charge in [-0.05, 0) is 49.2 Å². The van der Waals surface area contributed by atoms with Gasteiger partial charge in [0.05, 0.1) is 35.3 Å². The molecule has 0 aliphatic heterocycles. The monoisotopic (exact) mass is 472 g/mol. The minimum absolute atomic E-state index is 0.0460. The van der Waals surface area contributed by atoms with Crippen LogP contribution in [0.15, 0.2) is 36.4 Å². The van der Waals surface area contributed by atoms with E-state index in [9.17, 15) is 18.0 Å². The van der Waals surface area contributed by atoms with Crippen LogP contribution in [0.3, 0.4) is 0 Å². The SMILES string of the molecule is COC(=O)c1ccc(Cl)c(NC(=O)CCCN(c2cc(Cl)ccc2C)S(C)(=O)=O)c1. The summed E-state index contributed by atoms with van der Waals surface area (Å²) >= 11 is 12.1. The Balaban J connectivity index is 2.07. The van der Waals surface area contributed by atoms with E-state index in [1.165, 1.54) is 29.6 Å². The van der Waals surface area contributed by atoms with Crippen molar-refractivity contribution >= 4 is 56.5 Å². The minimum Gasteiger partial charge on any atom is -0.465 e. The molecule has 0 saturated carbocycles. The number of methoxy groups -OCH3 is 1. The number of hydrogen-bond donors (Lipinski definition) is 1. The summed E-state index contributed by atoms with van der Waals surface area (Å²) in [7, 11) is -2.31. The van der Waals surface area contributed by atoms with Crippen LogP contribution in [0.4, 0.5) is 11.4 Å². The maximum Gasteiger partial charge on any atom is 0.337 e. The summed E-state index contributed by atoms with van der Waals surface area (Å²) in [6.07, 6.45) is 1.41. The fourth-order valence-electron chi connectivity index (χ4n) is 2.78. The summed E-state index contributed by atoms with van der Waals surface area (Å²) in [4.78, 5) is 24.0. The van der Waals surface area contributed by atoms with Crippen LogP contribution in [0.5, 0.6) is 0 Å². The highest BCUT2D eigenvalue weighted by molar-refractivity contribution is 7.92. The van der Waals surface area contributed by atoms with Gasteiger partial charge in [0.1, 0.15) is 0 Å². The molecule has 0 heterocycles. The lowest BCUT2D eigenvalue weighted by Crippen LogP contribution is -2.32. The number of hydrogen-bond acceptors (Lipinski definition) is 5. The zero-order chi connectivity index (χ0) is 22.5. The molecule has 0 fully saturated rings. The van der Waals surface area contributed by atoms with Gasteiger partial charge in [-0.1, -0.05) is 29.3 Å². The van der Waals surface area contributed by atoms with Crippen molar-refractivity contribution in [2.24, 2.45) is 0 Å². The second-order valence-electron chi connectivity index (χ2n) is 6.60. The maximum absolute atomic E-state index is 12.3. The van der Waals surface area contributed by atoms with Crippen LogP contribution >= 0.6 is 23.2 Å². The number of nitrogens with zero attached hydrogens (tertiary/aromatic N) is 1. The Morgan fingerprint density at radius 1 is 1.13 bits per heavy atom. The summed E-state index contributed by atoms with van der Waals surface area (Å²) in [6.45, 7) is 1.89. The van der Waals surface area contributed by atoms with Crippen molar-refractivity contribution in [3.8, 4) is 0 Å². The number of benzene rings is 2. The molecule has 0 radical (unpaired) electrons. The number of anilines is 2. The molecular weight excluding hydrogens is 451 g/mol. The summed E-state index contributed by atoms with van der Waals surface area (Å²) < 4.78 is 30.4. The van der Waals surface area contributed by atoms with E-state index < -0.39 is 16.0 Å². The van der Waals surface area contributed by atoms with Crippen LogP contribution in [0, 0.1) is 6.92 Å². The van der Waals surface area contributed by atoms with Gasteiger partial charge in [0, 0.05) is 18.0 Å². The van der Waals surface area contributed by atoms with Crippen molar-refractivity contribution in [2.45, 2.75) is 19.8 Å². The largest absolute Gasteiger partial charge is 0.465 e. The predicted molar refractivity (Wildman–Crippen MR) is 119 cm³/mol. The number of ether oxygens (including phenoxy) is 1. The van der Waals surface area contributed by atoms with Crippen LogP contribution < -0.4 is 9.62 Å². The zero-order valence-corrected chi connectivity index (χ0v) is 19.1. The maximum atomic E-state index is 12.3. The van der Waals surface area contributed by atoms with Crippen LogP contribution in [-0.2, 0) is 19.6 Å². The third-order valence-electron chi connectivity index (χ3n) is 4.27. The molecule has 10 heteroatoms. The molecule has 1 amide bonds. The number of nitrogens with one attached hydrogen (secondary N) is 1. The molecule has 162 valence electrons. The van der Waals surface area contributed by atoms with E-state index in [1.54, 1.807) is 25.1 Å². The first-order valence-corrected chi connectivity index (χ1v) is 11.5. The van der Waals surface area contributed by atoms with E-state index in [0.29, 0.717) is 10.7 Å². The zero-order valence-electron chi connectivity index (χ0n) is 16.7. The second-order valence-corrected chi connectivity index (χ2v) is 9.35. The molecular formula is C20H22Cl2N2O5S. The van der Waals surface area contributed by atoms with Crippen molar-refractivity contribution < 1.29 is 22.7 Å². The predicted octanol–water partition coefficient (Wildman–Crippen LogP) is 4.27. The average molecular weight is 473 g/mol. The van der Waals surface area contributed by atoms with Gasteiger partial charge in [-0.25, -0.2) is 13.2 Å². The normalized spacial score (nSPS) is 11.1. The highest BCUT2D eigenvalue weighted by Crippen LogP contribution is 2.27. The van der Waals surface area contributed by atoms with Gasteiger partial charge in [-0.15, -0.1) is 0 Å². The summed E-state index contributed by atoms with van der Waals surface area (Å²) in [5.74, 6) is -0.918.